The van der Waals surface area contributed by atoms with Crippen molar-refractivity contribution in [2.45, 2.75) is 24.4 Å². The Morgan fingerprint density at radius 3 is 2.20 bits per heavy atom. The number of carbonyl (C=O) groups excluding carboxylic acids is 2. The van der Waals surface area contributed by atoms with Crippen LogP contribution in [0.5, 0.6) is 0 Å². The molecule has 1 spiro atoms. The molecule has 3 aromatic carbocycles. The second-order valence-electron chi connectivity index (χ2n) is 8.01. The quantitative estimate of drug-likeness (QED) is 0.582. The van der Waals surface area contributed by atoms with Crippen LogP contribution < -0.4 is 10.6 Å². The van der Waals surface area contributed by atoms with E-state index in [0.717, 1.165) is 26.9 Å². The van der Waals surface area contributed by atoms with Crippen LogP contribution in [-0.2, 0) is 15.1 Å². The second-order valence-corrected chi connectivity index (χ2v) is 8.93. The summed E-state index contributed by atoms with van der Waals surface area (Å²) in [5.74, 6) is -0.880. The zero-order valence-corrected chi connectivity index (χ0v) is 18.0. The molecule has 0 radical (unpaired) electrons. The lowest BCUT2D eigenvalue weighted by atomic mass is 9.70. The third kappa shape index (κ3) is 2.76. The zero-order valence-electron chi connectivity index (χ0n) is 16.4. The summed E-state index contributed by atoms with van der Waals surface area (Å²) in [6.07, 6.45) is 0. The Labute approximate surface area is 183 Å². The monoisotopic (exact) mass is 460 g/mol. The molecular formula is C25H21BrN2O2. The fourth-order valence-corrected chi connectivity index (χ4v) is 5.58. The lowest BCUT2D eigenvalue weighted by Gasteiger charge is -2.30. The first-order valence-electron chi connectivity index (χ1n) is 10.0. The van der Waals surface area contributed by atoms with E-state index in [1.807, 2.05) is 66.7 Å². The van der Waals surface area contributed by atoms with Gasteiger partial charge in [-0.1, -0.05) is 82.7 Å². The van der Waals surface area contributed by atoms with Gasteiger partial charge in [0.2, 0.25) is 5.91 Å². The smallest absolute Gasteiger partial charge is 0.250 e. The predicted molar refractivity (Wildman–Crippen MR) is 120 cm³/mol. The maximum Gasteiger partial charge on any atom is 0.250 e. The molecule has 5 rings (SSSR count). The Bertz CT molecular complexity index is 1130. The molecule has 1 saturated heterocycles. The average molecular weight is 461 g/mol. The van der Waals surface area contributed by atoms with Gasteiger partial charge in [-0.05, 0) is 30.2 Å². The Hall–Kier alpha value is -2.76. The van der Waals surface area contributed by atoms with Crippen LogP contribution in [0.1, 0.15) is 35.6 Å². The highest BCUT2D eigenvalue weighted by Gasteiger charge is 2.63. The lowest BCUT2D eigenvalue weighted by Crippen LogP contribution is -2.50. The number of hydrogen-bond donors (Lipinski definition) is 2. The van der Waals surface area contributed by atoms with Crippen LogP contribution >= 0.6 is 15.9 Å². The fraction of sp³-hybridized carbons (Fsp3) is 0.200. The molecule has 0 unspecified atom stereocenters. The van der Waals surface area contributed by atoms with Crippen LogP contribution in [0, 0.1) is 5.92 Å². The molecule has 2 heterocycles. The van der Waals surface area contributed by atoms with Gasteiger partial charge in [-0.25, -0.2) is 0 Å². The second kappa shape index (κ2) is 7.18. The van der Waals surface area contributed by atoms with Gasteiger partial charge in [0.15, 0.2) is 0 Å². The van der Waals surface area contributed by atoms with Crippen molar-refractivity contribution >= 4 is 33.3 Å². The highest BCUT2D eigenvalue weighted by atomic mass is 79.9. The highest BCUT2D eigenvalue weighted by Crippen LogP contribution is 2.57. The molecule has 30 heavy (non-hydrogen) atoms. The maximum absolute atomic E-state index is 13.5. The Kier molecular flexibility index (Phi) is 4.60. The summed E-state index contributed by atoms with van der Waals surface area (Å²) in [5.41, 5.74) is 2.58. The van der Waals surface area contributed by atoms with E-state index < -0.39 is 11.5 Å². The van der Waals surface area contributed by atoms with E-state index in [4.69, 9.17) is 0 Å². The number of halogens is 1. The minimum atomic E-state index is -1.11. The Balaban J connectivity index is 1.76. The number of fused-ring (bicyclic) bond motifs is 2. The molecule has 3 aromatic rings. The lowest BCUT2D eigenvalue weighted by molar-refractivity contribution is -0.131. The van der Waals surface area contributed by atoms with Crippen LogP contribution in [-0.4, -0.2) is 11.7 Å². The van der Waals surface area contributed by atoms with Gasteiger partial charge in [0.1, 0.15) is 11.3 Å². The molecule has 0 aliphatic carbocycles. The van der Waals surface area contributed by atoms with Gasteiger partial charge in [0.05, 0.1) is 5.92 Å². The first kappa shape index (κ1) is 19.2. The molecule has 1 fully saturated rings. The number of Topliss-reactive ketones (excluding diaryl/α,β-unsaturated/α-hetero) is 1. The van der Waals surface area contributed by atoms with Crippen LogP contribution in [0.25, 0.3) is 0 Å². The van der Waals surface area contributed by atoms with E-state index in [1.54, 1.807) is 6.92 Å². The summed E-state index contributed by atoms with van der Waals surface area (Å²) in [5, 5.41) is 6.66. The summed E-state index contributed by atoms with van der Waals surface area (Å²) >= 11 is 3.48. The molecule has 5 heteroatoms. The van der Waals surface area contributed by atoms with Crippen molar-refractivity contribution in [1.29, 1.82) is 0 Å². The van der Waals surface area contributed by atoms with E-state index in [9.17, 15) is 9.59 Å². The van der Waals surface area contributed by atoms with E-state index in [1.165, 1.54) is 0 Å². The van der Waals surface area contributed by atoms with Gasteiger partial charge in [0, 0.05) is 27.7 Å². The van der Waals surface area contributed by atoms with E-state index in [0.29, 0.717) is 0 Å². The van der Waals surface area contributed by atoms with Gasteiger partial charge in [-0.3, -0.25) is 14.9 Å². The normalized spacial score (nSPS) is 27.1. The number of carbonyl (C=O) groups is 2. The average Bonchev–Trinajstić information content (AvgIpc) is 3.25. The topological polar surface area (TPSA) is 58.2 Å². The van der Waals surface area contributed by atoms with Crippen LogP contribution in [0.15, 0.2) is 83.3 Å². The Morgan fingerprint density at radius 1 is 0.933 bits per heavy atom. The van der Waals surface area contributed by atoms with Crippen molar-refractivity contribution in [3.05, 3.63) is 100 Å². The van der Waals surface area contributed by atoms with Crippen molar-refractivity contribution in [3.63, 3.8) is 0 Å². The van der Waals surface area contributed by atoms with Crippen molar-refractivity contribution in [1.82, 2.24) is 5.32 Å². The number of benzene rings is 3. The Morgan fingerprint density at radius 2 is 1.57 bits per heavy atom. The number of rotatable bonds is 3. The van der Waals surface area contributed by atoms with Gasteiger partial charge in [-0.15, -0.1) is 0 Å². The van der Waals surface area contributed by atoms with E-state index in [-0.39, 0.29) is 23.7 Å². The third-order valence-electron chi connectivity index (χ3n) is 6.36. The first-order valence-corrected chi connectivity index (χ1v) is 10.8. The zero-order chi connectivity index (χ0) is 20.9. The standard InChI is InChI=1S/C25H21BrN2O2/c1-15(29)22-21(16-8-4-2-5-9-16)23(17-10-6-3-7-11-17)28-25(22)19-13-12-18(26)14-20(19)27-24(25)30/h2-14,21-23,28H,1H3,(H,27,30)/t21-,22-,23+,25-/m1/s1. The molecule has 1 amide bonds. The maximum atomic E-state index is 13.5. The third-order valence-corrected chi connectivity index (χ3v) is 6.86. The van der Waals surface area contributed by atoms with E-state index >= 15 is 0 Å². The number of anilines is 1. The summed E-state index contributed by atoms with van der Waals surface area (Å²) in [6.45, 7) is 1.60. The van der Waals surface area contributed by atoms with Gasteiger partial charge in [0.25, 0.3) is 0 Å². The summed E-state index contributed by atoms with van der Waals surface area (Å²) in [6, 6.07) is 25.7. The summed E-state index contributed by atoms with van der Waals surface area (Å²) in [7, 11) is 0. The van der Waals surface area contributed by atoms with Gasteiger partial charge < -0.3 is 5.32 Å². The van der Waals surface area contributed by atoms with Crippen molar-refractivity contribution < 1.29 is 9.59 Å². The largest absolute Gasteiger partial charge is 0.324 e. The summed E-state index contributed by atoms with van der Waals surface area (Å²) in [4.78, 5) is 26.7. The number of nitrogens with one attached hydrogen (secondary N) is 2. The SMILES string of the molecule is CC(=O)[C@@H]1[C@@H](c2ccccc2)[C@H](c2ccccc2)N[C@@]12C(=O)Nc1cc(Br)ccc12. The molecule has 0 saturated carbocycles. The van der Waals surface area contributed by atoms with E-state index in [2.05, 4.69) is 38.7 Å². The molecule has 0 aromatic heterocycles. The number of amides is 1. The van der Waals surface area contributed by atoms with Crippen molar-refractivity contribution in [2.24, 2.45) is 5.92 Å². The van der Waals surface area contributed by atoms with Crippen LogP contribution in [0.4, 0.5) is 5.69 Å². The molecular weight excluding hydrogens is 440 g/mol. The molecule has 150 valence electrons. The molecule has 2 aliphatic heterocycles. The molecule has 2 aliphatic rings. The molecule has 0 bridgehead atoms. The summed E-state index contributed by atoms with van der Waals surface area (Å²) < 4.78 is 0.884. The predicted octanol–water partition coefficient (Wildman–Crippen LogP) is 4.93. The molecule has 4 nitrogen and oxygen atoms in total. The van der Waals surface area contributed by atoms with Crippen LogP contribution in [0.3, 0.4) is 0 Å². The van der Waals surface area contributed by atoms with Crippen molar-refractivity contribution in [2.75, 3.05) is 5.32 Å². The highest BCUT2D eigenvalue weighted by molar-refractivity contribution is 9.10. The van der Waals surface area contributed by atoms with Crippen LogP contribution in [0.2, 0.25) is 0 Å². The number of ketones is 1. The first-order chi connectivity index (χ1) is 14.5. The fourth-order valence-electron chi connectivity index (χ4n) is 5.21. The minimum absolute atomic E-state index is 0.000651. The number of hydrogen-bond acceptors (Lipinski definition) is 3. The minimum Gasteiger partial charge on any atom is -0.324 e. The van der Waals surface area contributed by atoms with Gasteiger partial charge in [-0.2, -0.15) is 0 Å². The van der Waals surface area contributed by atoms with Crippen molar-refractivity contribution in [3.8, 4) is 0 Å². The molecule has 2 N–H and O–H groups in total. The van der Waals surface area contributed by atoms with Gasteiger partial charge >= 0.3 is 0 Å². The molecule has 4 atom stereocenters.